The Kier molecular flexibility index (Phi) is 4.02. The first-order valence-electron chi connectivity index (χ1n) is 8.97. The Morgan fingerprint density at radius 1 is 1.10 bits per heavy atom. The van der Waals surface area contributed by atoms with Gasteiger partial charge in [-0.15, -0.1) is 0 Å². The van der Waals surface area contributed by atoms with E-state index in [0.29, 0.717) is 23.5 Å². The van der Waals surface area contributed by atoms with Gasteiger partial charge >= 0.3 is 0 Å². The van der Waals surface area contributed by atoms with E-state index in [1.807, 2.05) is 6.08 Å². The van der Waals surface area contributed by atoms with Crippen LogP contribution >= 0.6 is 0 Å². The van der Waals surface area contributed by atoms with Crippen LogP contribution in [-0.2, 0) is 4.79 Å². The smallest absolute Gasteiger partial charge is 0.155 e. The van der Waals surface area contributed by atoms with Crippen molar-refractivity contribution in [3.05, 3.63) is 11.6 Å². The third kappa shape index (κ3) is 2.72. The fourth-order valence-corrected chi connectivity index (χ4v) is 5.23. The van der Waals surface area contributed by atoms with E-state index in [1.165, 1.54) is 50.5 Å². The van der Waals surface area contributed by atoms with Gasteiger partial charge in [-0.2, -0.15) is 0 Å². The summed E-state index contributed by atoms with van der Waals surface area (Å²) >= 11 is 0. The molecule has 0 aliphatic heterocycles. The maximum atomic E-state index is 11.8. The molecule has 2 fully saturated rings. The molecule has 3 aliphatic carbocycles. The van der Waals surface area contributed by atoms with Crippen LogP contribution in [0.5, 0.6) is 0 Å². The summed E-state index contributed by atoms with van der Waals surface area (Å²) in [7, 11) is 0. The Balaban J connectivity index is 1.85. The summed E-state index contributed by atoms with van der Waals surface area (Å²) in [5.41, 5.74) is 8.42. The summed E-state index contributed by atoms with van der Waals surface area (Å²) in [6.07, 6.45) is 13.7. The molecule has 3 rings (SSSR count). The lowest BCUT2D eigenvalue weighted by atomic mass is 9.65. The zero-order chi connectivity index (χ0) is 15.1. The minimum Gasteiger partial charge on any atom is -0.321 e. The zero-order valence-electron chi connectivity index (χ0n) is 13.8. The van der Waals surface area contributed by atoms with Crippen molar-refractivity contribution in [2.24, 2.45) is 23.0 Å². The quantitative estimate of drug-likeness (QED) is 0.719. The first-order valence-corrected chi connectivity index (χ1v) is 8.97. The highest BCUT2D eigenvalue weighted by molar-refractivity contribution is 5.92. The fourth-order valence-electron chi connectivity index (χ4n) is 5.23. The number of hydrogen-bond donors (Lipinski definition) is 1. The van der Waals surface area contributed by atoms with Crippen LogP contribution in [0, 0.1) is 17.3 Å². The summed E-state index contributed by atoms with van der Waals surface area (Å²) < 4.78 is 0. The molecule has 4 atom stereocenters. The number of rotatable bonds is 0. The molecule has 0 aromatic rings. The van der Waals surface area contributed by atoms with Gasteiger partial charge in [-0.3, -0.25) is 4.79 Å². The van der Waals surface area contributed by atoms with Gasteiger partial charge in [-0.25, -0.2) is 0 Å². The molecule has 118 valence electrons. The molecule has 0 spiro atoms. The zero-order valence-corrected chi connectivity index (χ0v) is 13.8. The van der Waals surface area contributed by atoms with Crippen LogP contribution in [0.3, 0.4) is 0 Å². The summed E-state index contributed by atoms with van der Waals surface area (Å²) in [5.74, 6) is 1.68. The average molecular weight is 289 g/mol. The molecule has 2 nitrogen and oxygen atoms in total. The third-order valence-corrected chi connectivity index (χ3v) is 7.03. The molecule has 2 N–H and O–H groups in total. The van der Waals surface area contributed by atoms with Gasteiger partial charge < -0.3 is 5.73 Å². The van der Waals surface area contributed by atoms with Gasteiger partial charge in [0.2, 0.25) is 0 Å². The number of carbonyl (C=O) groups excluding carboxylic acids is 1. The average Bonchev–Trinajstić information content (AvgIpc) is 2.81. The predicted molar refractivity (Wildman–Crippen MR) is 86.9 cm³/mol. The summed E-state index contributed by atoms with van der Waals surface area (Å²) in [4.78, 5) is 11.8. The standard InChI is InChI=1S/C19H31NO/c1-14-8-11-18(2)10-4-7-15(18)5-3-6-16-13-17(21)9-12-19(14,16)20/h13-15H,3-12,20H2,1-2H3. The van der Waals surface area contributed by atoms with Gasteiger partial charge in [-0.1, -0.05) is 20.3 Å². The fraction of sp³-hybridized carbons (Fsp3) is 0.842. The number of carbonyl (C=O) groups is 1. The van der Waals surface area contributed by atoms with Crippen LogP contribution in [0.4, 0.5) is 0 Å². The molecule has 0 saturated heterocycles. The second-order valence-corrected chi connectivity index (χ2v) is 8.25. The normalized spacial score (nSPS) is 44.7. The van der Waals surface area contributed by atoms with E-state index in [0.717, 1.165) is 18.8 Å². The second-order valence-electron chi connectivity index (χ2n) is 8.25. The SMILES string of the molecule is CC1CCC2(C)CCCC2CCCC2=CC(=O)CCC21N. The van der Waals surface area contributed by atoms with Crippen LogP contribution in [0.25, 0.3) is 0 Å². The molecule has 0 aromatic carbocycles. The molecule has 0 aromatic heterocycles. The van der Waals surface area contributed by atoms with Crippen LogP contribution in [0.15, 0.2) is 11.6 Å². The molecule has 0 bridgehead atoms. The van der Waals surface area contributed by atoms with Crippen LogP contribution in [0.2, 0.25) is 0 Å². The van der Waals surface area contributed by atoms with Crippen LogP contribution in [-0.4, -0.2) is 11.3 Å². The second kappa shape index (κ2) is 5.53. The van der Waals surface area contributed by atoms with Crippen molar-refractivity contribution < 1.29 is 4.79 Å². The minimum absolute atomic E-state index is 0.213. The van der Waals surface area contributed by atoms with Gasteiger partial charge in [-0.05, 0) is 80.3 Å². The van der Waals surface area contributed by atoms with Crippen molar-refractivity contribution in [2.75, 3.05) is 0 Å². The maximum absolute atomic E-state index is 11.8. The number of nitrogens with two attached hydrogens (primary N) is 1. The molecule has 2 heteroatoms. The number of fused-ring (bicyclic) bond motifs is 2. The van der Waals surface area contributed by atoms with Gasteiger partial charge in [0.15, 0.2) is 5.78 Å². The van der Waals surface area contributed by atoms with Crippen molar-refractivity contribution >= 4 is 5.78 Å². The summed E-state index contributed by atoms with van der Waals surface area (Å²) in [6.45, 7) is 4.84. The molecule has 21 heavy (non-hydrogen) atoms. The molecule has 3 aliphatic rings. The summed E-state index contributed by atoms with van der Waals surface area (Å²) in [5, 5.41) is 0. The van der Waals surface area contributed by atoms with E-state index in [-0.39, 0.29) is 5.54 Å². The first-order chi connectivity index (χ1) is 9.94. The third-order valence-electron chi connectivity index (χ3n) is 7.03. The maximum Gasteiger partial charge on any atom is 0.155 e. The van der Waals surface area contributed by atoms with Crippen molar-refractivity contribution in [3.63, 3.8) is 0 Å². The Morgan fingerprint density at radius 3 is 2.67 bits per heavy atom. The van der Waals surface area contributed by atoms with Gasteiger partial charge in [0.25, 0.3) is 0 Å². The Bertz CT molecular complexity index is 454. The number of hydrogen-bond acceptors (Lipinski definition) is 2. The molecule has 0 heterocycles. The van der Waals surface area contributed by atoms with Crippen LogP contribution in [0.1, 0.15) is 78.1 Å². The largest absolute Gasteiger partial charge is 0.321 e. The van der Waals surface area contributed by atoms with Gasteiger partial charge in [0, 0.05) is 12.0 Å². The Hall–Kier alpha value is -0.630. The predicted octanol–water partition coefficient (Wildman–Crippen LogP) is 4.38. The lowest BCUT2D eigenvalue weighted by Gasteiger charge is -2.43. The molecule has 0 radical (unpaired) electrons. The number of ketones is 1. The van der Waals surface area contributed by atoms with E-state index in [2.05, 4.69) is 13.8 Å². The van der Waals surface area contributed by atoms with Crippen molar-refractivity contribution in [1.29, 1.82) is 0 Å². The highest BCUT2D eigenvalue weighted by atomic mass is 16.1. The Labute approximate surface area is 129 Å². The lowest BCUT2D eigenvalue weighted by molar-refractivity contribution is -0.115. The van der Waals surface area contributed by atoms with E-state index in [4.69, 9.17) is 5.73 Å². The monoisotopic (exact) mass is 289 g/mol. The van der Waals surface area contributed by atoms with E-state index in [1.54, 1.807) is 0 Å². The van der Waals surface area contributed by atoms with Crippen molar-refractivity contribution in [1.82, 2.24) is 0 Å². The summed E-state index contributed by atoms with van der Waals surface area (Å²) in [6, 6.07) is 0. The first kappa shape index (κ1) is 15.3. The van der Waals surface area contributed by atoms with Crippen molar-refractivity contribution in [2.45, 2.75) is 83.6 Å². The molecule has 2 saturated carbocycles. The topological polar surface area (TPSA) is 43.1 Å². The lowest BCUT2D eigenvalue weighted by Crippen LogP contribution is -2.50. The van der Waals surface area contributed by atoms with Crippen molar-refractivity contribution in [3.8, 4) is 0 Å². The van der Waals surface area contributed by atoms with Crippen LogP contribution < -0.4 is 5.73 Å². The van der Waals surface area contributed by atoms with E-state index < -0.39 is 0 Å². The van der Waals surface area contributed by atoms with Gasteiger partial charge in [0.1, 0.15) is 0 Å². The highest BCUT2D eigenvalue weighted by Crippen LogP contribution is 2.51. The number of allylic oxidation sites excluding steroid dienone is 1. The molecular weight excluding hydrogens is 258 g/mol. The van der Waals surface area contributed by atoms with E-state index in [9.17, 15) is 4.79 Å². The molecule has 4 unspecified atom stereocenters. The Morgan fingerprint density at radius 2 is 1.86 bits per heavy atom. The molecule has 0 amide bonds. The minimum atomic E-state index is -0.213. The van der Waals surface area contributed by atoms with E-state index >= 15 is 0 Å². The highest BCUT2D eigenvalue weighted by Gasteiger charge is 2.43. The van der Waals surface area contributed by atoms with Gasteiger partial charge in [0.05, 0.1) is 0 Å². The molecular formula is C19H31NO.